The minimum Gasteiger partial charge on any atom is -0.497 e. The second-order valence-electron chi connectivity index (χ2n) is 7.76. The average Bonchev–Trinajstić information content (AvgIpc) is 2.85. The number of aromatic carboxylic acids is 1. The third-order valence-electron chi connectivity index (χ3n) is 5.57. The summed E-state index contributed by atoms with van der Waals surface area (Å²) in [7, 11) is 1.56. The van der Waals surface area contributed by atoms with Gasteiger partial charge in [0.25, 0.3) is 11.8 Å². The van der Waals surface area contributed by atoms with Crippen LogP contribution >= 0.6 is 11.8 Å². The quantitative estimate of drug-likeness (QED) is 0.456. The van der Waals surface area contributed by atoms with E-state index in [0.29, 0.717) is 17.1 Å². The Bertz CT molecular complexity index is 1190. The van der Waals surface area contributed by atoms with Crippen LogP contribution in [0.5, 0.6) is 5.75 Å². The highest BCUT2D eigenvalue weighted by atomic mass is 32.2. The first kappa shape index (κ1) is 23.4. The van der Waals surface area contributed by atoms with Gasteiger partial charge >= 0.3 is 11.9 Å². The molecule has 1 fully saturated rings. The van der Waals surface area contributed by atoms with Gasteiger partial charge in [-0.25, -0.2) is 9.59 Å². The predicted octanol–water partition coefficient (Wildman–Crippen LogP) is 2.42. The number of hydrogen-bond acceptors (Lipinski definition) is 7. The fraction of sp³-hybridized carbons (Fsp3) is 0.250. The zero-order valence-electron chi connectivity index (χ0n) is 18.4. The second-order valence-corrected chi connectivity index (χ2v) is 8.87. The van der Waals surface area contributed by atoms with Gasteiger partial charge in [-0.3, -0.25) is 14.5 Å². The lowest BCUT2D eigenvalue weighted by Gasteiger charge is -2.49. The molecule has 2 aliphatic heterocycles. The number of nitrogens with zero attached hydrogens (tertiary/aromatic N) is 1. The van der Waals surface area contributed by atoms with Gasteiger partial charge in [0.2, 0.25) is 0 Å². The van der Waals surface area contributed by atoms with Crippen LogP contribution in [0.4, 0.5) is 0 Å². The van der Waals surface area contributed by atoms with Crippen LogP contribution in [0.2, 0.25) is 0 Å². The van der Waals surface area contributed by atoms with Gasteiger partial charge in [0, 0.05) is 5.75 Å². The Morgan fingerprint density at radius 3 is 2.44 bits per heavy atom. The summed E-state index contributed by atoms with van der Waals surface area (Å²) >= 11 is 1.41. The summed E-state index contributed by atoms with van der Waals surface area (Å²) < 4.78 is 10.6. The van der Waals surface area contributed by atoms with E-state index in [9.17, 15) is 24.3 Å². The van der Waals surface area contributed by atoms with Crippen LogP contribution in [0.25, 0.3) is 0 Å². The lowest BCUT2D eigenvalue weighted by Crippen LogP contribution is -2.70. The van der Waals surface area contributed by atoms with Crippen molar-refractivity contribution in [3.8, 4) is 5.75 Å². The van der Waals surface area contributed by atoms with Crippen molar-refractivity contribution in [3.05, 3.63) is 76.5 Å². The first-order valence-electron chi connectivity index (χ1n) is 10.4. The Morgan fingerprint density at radius 1 is 1.12 bits per heavy atom. The number of hydrogen-bond donors (Lipinski definition) is 2. The summed E-state index contributed by atoms with van der Waals surface area (Å²) in [4.78, 5) is 51.2. The molecule has 2 atom stereocenters. The minimum atomic E-state index is -1.24. The molecule has 2 aromatic carbocycles. The molecule has 4 rings (SSSR count). The van der Waals surface area contributed by atoms with Crippen molar-refractivity contribution in [1.82, 2.24) is 10.2 Å². The molecule has 0 bridgehead atoms. The zero-order valence-corrected chi connectivity index (χ0v) is 19.3. The number of esters is 1. The highest BCUT2D eigenvalue weighted by Gasteiger charge is 2.54. The number of carboxylic acids is 1. The fourth-order valence-electron chi connectivity index (χ4n) is 3.79. The van der Waals surface area contributed by atoms with Gasteiger partial charge in [-0.15, -0.1) is 11.8 Å². The summed E-state index contributed by atoms with van der Waals surface area (Å²) in [5, 5.41) is 11.5. The SMILES string of the molecule is COc1ccc(COC(=O)C2=C(C)CS[C@@H]3C(NC(=O)c4ccccc4C(=O)O)C(=O)N23)cc1. The number of rotatable bonds is 7. The zero-order chi connectivity index (χ0) is 24.4. The van der Waals surface area contributed by atoms with Crippen LogP contribution in [-0.2, 0) is 20.9 Å². The van der Waals surface area contributed by atoms with Crippen molar-refractivity contribution in [3.63, 3.8) is 0 Å². The largest absolute Gasteiger partial charge is 0.497 e. The molecule has 2 heterocycles. The van der Waals surface area contributed by atoms with Crippen molar-refractivity contribution in [2.45, 2.75) is 24.9 Å². The number of thioether (sulfide) groups is 1. The van der Waals surface area contributed by atoms with Crippen molar-refractivity contribution in [2.24, 2.45) is 0 Å². The van der Waals surface area contributed by atoms with E-state index in [1.54, 1.807) is 44.4 Å². The number of carbonyl (C=O) groups is 4. The van der Waals surface area contributed by atoms with E-state index in [1.165, 1.54) is 34.9 Å². The molecule has 0 saturated carbocycles. The molecule has 0 aliphatic carbocycles. The minimum absolute atomic E-state index is 0.0333. The molecule has 10 heteroatoms. The van der Waals surface area contributed by atoms with Crippen LogP contribution in [0.3, 0.4) is 0 Å². The number of fused-ring (bicyclic) bond motifs is 1. The Balaban J connectivity index is 1.44. The molecule has 0 aromatic heterocycles. The van der Waals surface area contributed by atoms with Crippen LogP contribution < -0.4 is 10.1 Å². The van der Waals surface area contributed by atoms with E-state index in [4.69, 9.17) is 9.47 Å². The highest BCUT2D eigenvalue weighted by molar-refractivity contribution is 8.00. The number of β-lactam (4-membered cyclic amide) rings is 1. The molecule has 9 nitrogen and oxygen atoms in total. The van der Waals surface area contributed by atoms with Gasteiger partial charge in [0.15, 0.2) is 0 Å². The molecule has 1 unspecified atom stereocenters. The Labute approximate surface area is 199 Å². The van der Waals surface area contributed by atoms with E-state index in [2.05, 4.69) is 5.32 Å². The Kier molecular flexibility index (Phi) is 6.60. The van der Waals surface area contributed by atoms with E-state index >= 15 is 0 Å². The number of methoxy groups -OCH3 is 1. The van der Waals surface area contributed by atoms with E-state index in [1.807, 2.05) is 0 Å². The number of carbonyl (C=O) groups excluding carboxylic acids is 3. The molecule has 176 valence electrons. The van der Waals surface area contributed by atoms with E-state index < -0.39 is 35.2 Å². The third kappa shape index (κ3) is 4.36. The number of nitrogens with one attached hydrogen (secondary N) is 1. The summed E-state index contributed by atoms with van der Waals surface area (Å²) in [5.74, 6) is -1.79. The lowest BCUT2D eigenvalue weighted by molar-refractivity contribution is -0.152. The summed E-state index contributed by atoms with van der Waals surface area (Å²) in [6.07, 6.45) is 0. The van der Waals surface area contributed by atoms with Crippen molar-refractivity contribution >= 4 is 35.5 Å². The standard InChI is InChI=1S/C24H22N2O7S/c1-13-12-34-22-18(25-20(27)16-5-3-4-6-17(16)23(29)30)21(28)26(22)19(13)24(31)33-11-14-7-9-15(32-2)10-8-14/h3-10,18,22H,11-12H2,1-2H3,(H,25,27)(H,29,30)/t18?,22-/m1/s1. The monoisotopic (exact) mass is 482 g/mol. The molecule has 0 radical (unpaired) electrons. The number of amides is 2. The van der Waals surface area contributed by atoms with Gasteiger partial charge in [0.1, 0.15) is 29.5 Å². The maximum atomic E-state index is 12.9. The molecule has 2 aromatic rings. The smallest absolute Gasteiger partial charge is 0.355 e. The molecular weight excluding hydrogens is 460 g/mol. The summed E-state index contributed by atoms with van der Waals surface area (Å²) in [5.41, 5.74) is 1.46. The summed E-state index contributed by atoms with van der Waals surface area (Å²) in [6.45, 7) is 1.79. The average molecular weight is 483 g/mol. The maximum Gasteiger partial charge on any atom is 0.355 e. The van der Waals surface area contributed by atoms with Gasteiger partial charge < -0.3 is 19.9 Å². The number of ether oxygens (including phenoxy) is 2. The van der Waals surface area contributed by atoms with Gasteiger partial charge in [-0.05, 0) is 42.3 Å². The van der Waals surface area contributed by atoms with Crippen molar-refractivity contribution < 1.29 is 33.8 Å². The lowest BCUT2D eigenvalue weighted by atomic mass is 10.0. The van der Waals surface area contributed by atoms with Gasteiger partial charge in [-0.1, -0.05) is 24.3 Å². The topological polar surface area (TPSA) is 122 Å². The molecule has 34 heavy (non-hydrogen) atoms. The molecule has 1 saturated heterocycles. The van der Waals surface area contributed by atoms with Crippen LogP contribution in [0, 0.1) is 0 Å². The molecular formula is C24H22N2O7S. The second kappa shape index (κ2) is 9.60. The molecule has 2 amide bonds. The first-order chi connectivity index (χ1) is 16.3. The van der Waals surface area contributed by atoms with Crippen molar-refractivity contribution in [1.29, 1.82) is 0 Å². The highest BCUT2D eigenvalue weighted by Crippen LogP contribution is 2.40. The first-order valence-corrected chi connectivity index (χ1v) is 11.4. The molecule has 2 aliphatic rings. The number of benzene rings is 2. The van der Waals surface area contributed by atoms with Crippen molar-refractivity contribution in [2.75, 3.05) is 12.9 Å². The van der Waals surface area contributed by atoms with Crippen LogP contribution in [0.1, 0.15) is 33.2 Å². The van der Waals surface area contributed by atoms with E-state index in [-0.39, 0.29) is 23.4 Å². The number of carboxylic acid groups (broad SMARTS) is 1. The predicted molar refractivity (Wildman–Crippen MR) is 123 cm³/mol. The summed E-state index contributed by atoms with van der Waals surface area (Å²) in [6, 6.07) is 12.0. The van der Waals surface area contributed by atoms with Gasteiger partial charge in [-0.2, -0.15) is 0 Å². The van der Waals surface area contributed by atoms with Crippen LogP contribution in [-0.4, -0.2) is 58.0 Å². The van der Waals surface area contributed by atoms with E-state index in [0.717, 1.165) is 5.56 Å². The fourth-order valence-corrected chi connectivity index (χ4v) is 5.08. The Morgan fingerprint density at radius 2 is 1.79 bits per heavy atom. The Hall–Kier alpha value is -3.79. The maximum absolute atomic E-state index is 12.9. The normalized spacial score (nSPS) is 19.1. The molecule has 0 spiro atoms. The van der Waals surface area contributed by atoms with Crippen LogP contribution in [0.15, 0.2) is 59.8 Å². The van der Waals surface area contributed by atoms with Gasteiger partial charge in [0.05, 0.1) is 18.2 Å². The third-order valence-corrected chi connectivity index (χ3v) is 6.99. The molecule has 2 N–H and O–H groups in total.